The number of methoxy groups -OCH3 is 1. The van der Waals surface area contributed by atoms with Gasteiger partial charge in [0.15, 0.2) is 0 Å². The smallest absolute Gasteiger partial charge is 0.264 e. The fourth-order valence-electron chi connectivity index (χ4n) is 4.36. The summed E-state index contributed by atoms with van der Waals surface area (Å²) in [5.41, 5.74) is 4.30. The highest BCUT2D eigenvalue weighted by atomic mass is 32.2. The molecule has 190 valence electrons. The third kappa shape index (κ3) is 5.49. The van der Waals surface area contributed by atoms with E-state index in [0.29, 0.717) is 31.9 Å². The van der Waals surface area contributed by atoms with Crippen molar-refractivity contribution < 1.29 is 17.9 Å². The fraction of sp³-hybridized carbons (Fsp3) is 0.321. The van der Waals surface area contributed by atoms with Gasteiger partial charge in [0.1, 0.15) is 12.3 Å². The summed E-state index contributed by atoms with van der Waals surface area (Å²) < 4.78 is 34.0. The number of hydrogen-bond donors (Lipinski definition) is 0. The van der Waals surface area contributed by atoms with E-state index in [1.54, 1.807) is 36.3 Å². The number of sulfonamides is 1. The van der Waals surface area contributed by atoms with Crippen LogP contribution in [0, 0.1) is 20.8 Å². The van der Waals surface area contributed by atoms with Gasteiger partial charge in [0.25, 0.3) is 10.0 Å². The predicted molar refractivity (Wildman–Crippen MR) is 143 cm³/mol. The molecule has 0 bridgehead atoms. The minimum Gasteiger partial charge on any atom is -0.497 e. The first-order valence-corrected chi connectivity index (χ1v) is 13.5. The number of carbonyl (C=O) groups is 1. The van der Waals surface area contributed by atoms with E-state index in [9.17, 15) is 13.2 Å². The van der Waals surface area contributed by atoms with E-state index in [-0.39, 0.29) is 17.3 Å². The van der Waals surface area contributed by atoms with Crippen molar-refractivity contribution in [3.05, 3.63) is 83.4 Å². The van der Waals surface area contributed by atoms with Crippen LogP contribution in [0.4, 0.5) is 11.4 Å². The van der Waals surface area contributed by atoms with Crippen LogP contribution in [-0.2, 0) is 14.8 Å². The lowest BCUT2D eigenvalue weighted by Gasteiger charge is -2.37. The van der Waals surface area contributed by atoms with Crippen LogP contribution in [-0.4, -0.2) is 59.1 Å². The first kappa shape index (κ1) is 25.6. The summed E-state index contributed by atoms with van der Waals surface area (Å²) in [6.45, 7) is 7.84. The van der Waals surface area contributed by atoms with Crippen LogP contribution in [0.1, 0.15) is 16.7 Å². The maximum absolute atomic E-state index is 13.8. The highest BCUT2D eigenvalue weighted by Crippen LogP contribution is 2.28. The van der Waals surface area contributed by atoms with Crippen LogP contribution in [0.15, 0.2) is 71.6 Å². The zero-order valence-electron chi connectivity index (χ0n) is 21.3. The Morgan fingerprint density at radius 2 is 1.47 bits per heavy atom. The van der Waals surface area contributed by atoms with E-state index in [1.807, 2.05) is 63.2 Å². The number of ether oxygens (including phenoxy) is 1. The zero-order chi connectivity index (χ0) is 25.9. The SMILES string of the molecule is COc1ccc(N2CCN(C(=O)CN(c3cc(C)ccc3C)S(=O)(=O)c3ccc(C)cc3)CC2)cc1. The Hall–Kier alpha value is -3.52. The van der Waals surface area contributed by atoms with Gasteiger partial charge in [0, 0.05) is 31.9 Å². The van der Waals surface area contributed by atoms with Gasteiger partial charge in [-0.3, -0.25) is 9.10 Å². The summed E-state index contributed by atoms with van der Waals surface area (Å²) in [5, 5.41) is 0. The van der Waals surface area contributed by atoms with Crippen LogP contribution < -0.4 is 13.9 Å². The van der Waals surface area contributed by atoms with Crippen LogP contribution >= 0.6 is 0 Å². The molecule has 7 nitrogen and oxygen atoms in total. The molecule has 0 radical (unpaired) electrons. The molecule has 0 N–H and O–H groups in total. The molecule has 4 rings (SSSR count). The number of nitrogens with zero attached hydrogens (tertiary/aromatic N) is 3. The molecule has 36 heavy (non-hydrogen) atoms. The van der Waals surface area contributed by atoms with Crippen molar-refractivity contribution in [2.45, 2.75) is 25.7 Å². The first-order chi connectivity index (χ1) is 17.2. The molecule has 1 saturated heterocycles. The Labute approximate surface area is 214 Å². The summed E-state index contributed by atoms with van der Waals surface area (Å²) in [5.74, 6) is 0.592. The molecule has 3 aromatic carbocycles. The molecular weight excluding hydrogens is 474 g/mol. The second-order valence-electron chi connectivity index (χ2n) is 9.18. The lowest BCUT2D eigenvalue weighted by atomic mass is 10.1. The van der Waals surface area contributed by atoms with Gasteiger partial charge in [-0.2, -0.15) is 0 Å². The van der Waals surface area contributed by atoms with Gasteiger partial charge in [-0.15, -0.1) is 0 Å². The second-order valence-corrected chi connectivity index (χ2v) is 11.0. The first-order valence-electron chi connectivity index (χ1n) is 12.0. The molecule has 3 aromatic rings. The van der Waals surface area contributed by atoms with E-state index >= 15 is 0 Å². The van der Waals surface area contributed by atoms with E-state index < -0.39 is 10.0 Å². The zero-order valence-corrected chi connectivity index (χ0v) is 22.1. The summed E-state index contributed by atoms with van der Waals surface area (Å²) in [6.07, 6.45) is 0. The van der Waals surface area contributed by atoms with Gasteiger partial charge < -0.3 is 14.5 Å². The number of aryl methyl sites for hydroxylation is 3. The number of anilines is 2. The van der Waals surface area contributed by atoms with E-state index in [0.717, 1.165) is 28.1 Å². The molecule has 1 aliphatic rings. The number of rotatable bonds is 7. The molecule has 0 aromatic heterocycles. The van der Waals surface area contributed by atoms with E-state index in [2.05, 4.69) is 4.90 Å². The quantitative estimate of drug-likeness (QED) is 0.480. The van der Waals surface area contributed by atoms with Gasteiger partial charge in [-0.25, -0.2) is 8.42 Å². The van der Waals surface area contributed by atoms with Gasteiger partial charge in [0.05, 0.1) is 17.7 Å². The third-order valence-corrected chi connectivity index (χ3v) is 8.37. The second kappa shape index (κ2) is 10.6. The number of carbonyl (C=O) groups excluding carboxylic acids is 1. The molecule has 0 saturated carbocycles. The van der Waals surface area contributed by atoms with Crippen molar-refractivity contribution in [2.75, 3.05) is 49.0 Å². The van der Waals surface area contributed by atoms with E-state index in [1.165, 1.54) is 4.31 Å². The van der Waals surface area contributed by atoms with Gasteiger partial charge in [-0.1, -0.05) is 29.8 Å². The van der Waals surface area contributed by atoms with Crippen LogP contribution in [0.3, 0.4) is 0 Å². The Bertz CT molecular complexity index is 1310. The largest absolute Gasteiger partial charge is 0.497 e. The molecule has 0 aliphatic carbocycles. The maximum atomic E-state index is 13.8. The normalized spacial score (nSPS) is 14.0. The van der Waals surface area contributed by atoms with Crippen molar-refractivity contribution in [3.8, 4) is 5.75 Å². The molecule has 0 unspecified atom stereocenters. The predicted octanol–water partition coefficient (Wildman–Crippen LogP) is 4.16. The van der Waals surface area contributed by atoms with Crippen LogP contribution in [0.5, 0.6) is 5.75 Å². The standard InChI is InChI=1S/C28H33N3O4S/c1-21-6-13-26(14-7-21)36(33,34)31(27-19-22(2)5-8-23(27)3)20-28(32)30-17-15-29(16-18-30)24-9-11-25(35-4)12-10-24/h5-14,19H,15-18,20H2,1-4H3. The average Bonchev–Trinajstić information content (AvgIpc) is 2.89. The highest BCUT2D eigenvalue weighted by molar-refractivity contribution is 7.92. The monoisotopic (exact) mass is 507 g/mol. The van der Waals surface area contributed by atoms with Crippen molar-refractivity contribution in [1.82, 2.24) is 4.90 Å². The topological polar surface area (TPSA) is 70.2 Å². The van der Waals surface area contributed by atoms with Gasteiger partial charge in [-0.05, 0) is 74.4 Å². The molecule has 1 aliphatic heterocycles. The third-order valence-electron chi connectivity index (χ3n) is 6.59. The van der Waals surface area contributed by atoms with Crippen molar-refractivity contribution in [1.29, 1.82) is 0 Å². The van der Waals surface area contributed by atoms with E-state index in [4.69, 9.17) is 4.74 Å². The van der Waals surface area contributed by atoms with Crippen molar-refractivity contribution in [2.24, 2.45) is 0 Å². The minimum atomic E-state index is -3.94. The number of piperazine rings is 1. The number of amides is 1. The number of hydrogen-bond acceptors (Lipinski definition) is 5. The molecule has 1 heterocycles. The summed E-state index contributed by atoms with van der Waals surface area (Å²) in [6, 6.07) is 20.3. The van der Waals surface area contributed by atoms with Crippen molar-refractivity contribution >= 4 is 27.3 Å². The summed E-state index contributed by atoms with van der Waals surface area (Å²) in [4.78, 5) is 17.6. The molecule has 0 spiro atoms. The lowest BCUT2D eigenvalue weighted by molar-refractivity contribution is -0.129. The molecule has 1 fully saturated rings. The van der Waals surface area contributed by atoms with Gasteiger partial charge in [0.2, 0.25) is 5.91 Å². The fourth-order valence-corrected chi connectivity index (χ4v) is 5.83. The Morgan fingerprint density at radius 1 is 0.861 bits per heavy atom. The molecular formula is C28H33N3O4S. The molecule has 8 heteroatoms. The van der Waals surface area contributed by atoms with Gasteiger partial charge >= 0.3 is 0 Å². The highest BCUT2D eigenvalue weighted by Gasteiger charge is 2.31. The number of benzene rings is 3. The van der Waals surface area contributed by atoms with Crippen LogP contribution in [0.2, 0.25) is 0 Å². The lowest BCUT2D eigenvalue weighted by Crippen LogP contribution is -2.52. The summed E-state index contributed by atoms with van der Waals surface area (Å²) >= 11 is 0. The Morgan fingerprint density at radius 3 is 2.08 bits per heavy atom. The maximum Gasteiger partial charge on any atom is 0.264 e. The van der Waals surface area contributed by atoms with Crippen molar-refractivity contribution in [3.63, 3.8) is 0 Å². The average molecular weight is 508 g/mol. The minimum absolute atomic E-state index is 0.172. The Kier molecular flexibility index (Phi) is 7.54. The molecule has 1 amide bonds. The molecule has 0 atom stereocenters. The van der Waals surface area contributed by atoms with Crippen LogP contribution in [0.25, 0.3) is 0 Å². The summed E-state index contributed by atoms with van der Waals surface area (Å²) in [7, 11) is -2.30. The Balaban J connectivity index is 1.54.